The number of hydrogen-bond acceptors (Lipinski definition) is 2. The summed E-state index contributed by atoms with van der Waals surface area (Å²) in [6.45, 7) is 0. The first kappa shape index (κ1) is 15.3. The molecule has 5 heteroatoms. The topological polar surface area (TPSA) is 53.1 Å². The lowest BCUT2D eigenvalue weighted by atomic mass is 10.1. The Bertz CT molecular complexity index is 1090. The van der Waals surface area contributed by atoms with E-state index < -0.39 is 5.97 Å². The number of aromatic amines is 1. The number of H-pyrrole nitrogens is 1. The van der Waals surface area contributed by atoms with E-state index in [4.69, 9.17) is 5.11 Å². The quantitative estimate of drug-likeness (QED) is 0.450. The van der Waals surface area contributed by atoms with Crippen LogP contribution in [0.4, 0.5) is 0 Å². The standard InChI is InChI=1S/C19H12BrNO2S/c20-16-8-14(9-17-15(16)10-18(21-17)19(22)23)24-13-6-5-11-3-1-2-4-12(11)7-13/h1-10,21H,(H,22,23). The average molecular weight is 398 g/mol. The van der Waals surface area contributed by atoms with E-state index in [0.717, 1.165) is 25.2 Å². The van der Waals surface area contributed by atoms with Crippen LogP contribution in [0.25, 0.3) is 21.7 Å². The summed E-state index contributed by atoms with van der Waals surface area (Å²) < 4.78 is 0.882. The van der Waals surface area contributed by atoms with Crippen molar-refractivity contribution in [1.82, 2.24) is 4.98 Å². The molecule has 3 nitrogen and oxygen atoms in total. The van der Waals surface area contributed by atoms with Crippen LogP contribution in [0.3, 0.4) is 0 Å². The molecule has 0 amide bonds. The number of hydrogen-bond donors (Lipinski definition) is 2. The predicted molar refractivity (Wildman–Crippen MR) is 101 cm³/mol. The van der Waals surface area contributed by atoms with Gasteiger partial charge in [-0.05, 0) is 41.1 Å². The van der Waals surface area contributed by atoms with Crippen molar-refractivity contribution in [1.29, 1.82) is 0 Å². The van der Waals surface area contributed by atoms with E-state index in [1.54, 1.807) is 17.8 Å². The highest BCUT2D eigenvalue weighted by Gasteiger charge is 2.11. The van der Waals surface area contributed by atoms with Crippen LogP contribution in [-0.2, 0) is 0 Å². The number of carboxylic acid groups (broad SMARTS) is 1. The zero-order valence-corrected chi connectivity index (χ0v) is 14.8. The minimum Gasteiger partial charge on any atom is -0.477 e. The van der Waals surface area contributed by atoms with Crippen LogP contribution in [0.1, 0.15) is 10.5 Å². The van der Waals surface area contributed by atoms with E-state index in [0.29, 0.717) is 0 Å². The zero-order chi connectivity index (χ0) is 16.7. The SMILES string of the molecule is O=C(O)c1cc2c(Br)cc(Sc3ccc4ccccc4c3)cc2[nH]1. The van der Waals surface area contributed by atoms with Crippen molar-refractivity contribution in [2.24, 2.45) is 0 Å². The van der Waals surface area contributed by atoms with E-state index in [1.807, 2.05) is 24.3 Å². The third kappa shape index (κ3) is 2.81. The summed E-state index contributed by atoms with van der Waals surface area (Å²) in [6, 6.07) is 20.3. The van der Waals surface area contributed by atoms with Gasteiger partial charge in [0.25, 0.3) is 0 Å². The van der Waals surface area contributed by atoms with Crippen LogP contribution < -0.4 is 0 Å². The van der Waals surface area contributed by atoms with Crippen LogP contribution in [-0.4, -0.2) is 16.1 Å². The lowest BCUT2D eigenvalue weighted by Crippen LogP contribution is -1.94. The fourth-order valence-corrected chi connectivity index (χ4v) is 4.38. The number of carboxylic acids is 1. The Hall–Kier alpha value is -2.24. The van der Waals surface area contributed by atoms with Crippen LogP contribution in [0.15, 0.2) is 74.9 Å². The summed E-state index contributed by atoms with van der Waals surface area (Å²) in [7, 11) is 0. The summed E-state index contributed by atoms with van der Waals surface area (Å²) >= 11 is 5.19. The van der Waals surface area contributed by atoms with Crippen molar-refractivity contribution >= 4 is 55.3 Å². The second kappa shape index (κ2) is 6.00. The number of carbonyl (C=O) groups is 1. The number of benzene rings is 3. The molecule has 0 unspecified atom stereocenters. The number of aromatic carboxylic acids is 1. The highest BCUT2D eigenvalue weighted by Crippen LogP contribution is 2.35. The van der Waals surface area contributed by atoms with Crippen molar-refractivity contribution in [3.63, 3.8) is 0 Å². The van der Waals surface area contributed by atoms with Gasteiger partial charge in [0.2, 0.25) is 0 Å². The summed E-state index contributed by atoms with van der Waals surface area (Å²) in [6.07, 6.45) is 0. The lowest BCUT2D eigenvalue weighted by Gasteiger charge is -2.05. The molecular weight excluding hydrogens is 386 g/mol. The lowest BCUT2D eigenvalue weighted by molar-refractivity contribution is 0.0691. The van der Waals surface area contributed by atoms with Gasteiger partial charge in [-0.25, -0.2) is 4.79 Å². The van der Waals surface area contributed by atoms with Gasteiger partial charge in [-0.3, -0.25) is 0 Å². The minimum absolute atomic E-state index is 0.193. The average Bonchev–Trinajstić information content (AvgIpc) is 3.00. The molecule has 0 aliphatic carbocycles. The van der Waals surface area contributed by atoms with Gasteiger partial charge in [-0.15, -0.1) is 0 Å². The molecule has 24 heavy (non-hydrogen) atoms. The number of aromatic nitrogens is 1. The van der Waals surface area contributed by atoms with Crippen LogP contribution in [0.5, 0.6) is 0 Å². The second-order valence-electron chi connectivity index (χ2n) is 5.47. The van der Waals surface area contributed by atoms with Gasteiger partial charge >= 0.3 is 5.97 Å². The van der Waals surface area contributed by atoms with Gasteiger partial charge in [0.15, 0.2) is 0 Å². The maximum Gasteiger partial charge on any atom is 0.352 e. The van der Waals surface area contributed by atoms with E-state index in [1.165, 1.54) is 10.8 Å². The van der Waals surface area contributed by atoms with E-state index in [2.05, 4.69) is 51.2 Å². The van der Waals surface area contributed by atoms with E-state index in [9.17, 15) is 4.79 Å². The van der Waals surface area contributed by atoms with Crippen LogP contribution in [0.2, 0.25) is 0 Å². The Morgan fingerprint density at radius 2 is 1.75 bits per heavy atom. The molecular formula is C19H12BrNO2S. The van der Waals surface area contributed by atoms with Crippen LogP contribution >= 0.6 is 27.7 Å². The monoisotopic (exact) mass is 397 g/mol. The molecule has 0 fully saturated rings. The highest BCUT2D eigenvalue weighted by atomic mass is 79.9. The van der Waals surface area contributed by atoms with Gasteiger partial charge in [-0.1, -0.05) is 58.0 Å². The number of fused-ring (bicyclic) bond motifs is 2. The molecule has 0 aliphatic heterocycles. The molecule has 118 valence electrons. The maximum atomic E-state index is 11.1. The fraction of sp³-hybridized carbons (Fsp3) is 0. The normalized spacial score (nSPS) is 11.2. The molecule has 0 saturated heterocycles. The van der Waals surface area contributed by atoms with Gasteiger partial charge in [-0.2, -0.15) is 0 Å². The second-order valence-corrected chi connectivity index (χ2v) is 7.47. The molecule has 0 spiro atoms. The number of rotatable bonds is 3. The van der Waals surface area contributed by atoms with Crippen LogP contribution in [0, 0.1) is 0 Å². The van der Waals surface area contributed by atoms with E-state index in [-0.39, 0.29) is 5.69 Å². The first-order valence-electron chi connectivity index (χ1n) is 7.32. The Labute approximate surface area is 150 Å². The molecule has 3 aromatic carbocycles. The Balaban J connectivity index is 1.73. The first-order valence-corrected chi connectivity index (χ1v) is 8.93. The fourth-order valence-electron chi connectivity index (χ4n) is 2.71. The minimum atomic E-state index is -0.957. The Morgan fingerprint density at radius 3 is 2.54 bits per heavy atom. The highest BCUT2D eigenvalue weighted by molar-refractivity contribution is 9.10. The summed E-state index contributed by atoms with van der Waals surface area (Å²) in [4.78, 5) is 16.3. The number of nitrogens with one attached hydrogen (secondary N) is 1. The third-order valence-corrected chi connectivity index (χ3v) is 5.47. The summed E-state index contributed by atoms with van der Waals surface area (Å²) in [5, 5.41) is 12.4. The zero-order valence-electron chi connectivity index (χ0n) is 12.4. The predicted octanol–water partition coefficient (Wildman–Crippen LogP) is 5.93. The van der Waals surface area contributed by atoms with Gasteiger partial charge in [0, 0.05) is 25.2 Å². The Kier molecular flexibility index (Phi) is 3.82. The van der Waals surface area contributed by atoms with Gasteiger partial charge < -0.3 is 10.1 Å². The van der Waals surface area contributed by atoms with Crippen molar-refractivity contribution < 1.29 is 9.90 Å². The molecule has 0 aliphatic rings. The van der Waals surface area contributed by atoms with Gasteiger partial charge in [0.1, 0.15) is 5.69 Å². The van der Waals surface area contributed by atoms with E-state index >= 15 is 0 Å². The Morgan fingerprint density at radius 1 is 0.958 bits per heavy atom. The molecule has 0 radical (unpaired) electrons. The molecule has 2 N–H and O–H groups in total. The van der Waals surface area contributed by atoms with Gasteiger partial charge in [0.05, 0.1) is 0 Å². The maximum absolute atomic E-state index is 11.1. The molecule has 1 heterocycles. The summed E-state index contributed by atoms with van der Waals surface area (Å²) in [5.74, 6) is -0.957. The third-order valence-electron chi connectivity index (χ3n) is 3.85. The van der Waals surface area contributed by atoms with Crippen molar-refractivity contribution in [3.05, 3.63) is 70.8 Å². The molecule has 0 saturated carbocycles. The molecule has 0 atom stereocenters. The van der Waals surface area contributed by atoms with Crippen molar-refractivity contribution in [2.75, 3.05) is 0 Å². The van der Waals surface area contributed by atoms with Crippen molar-refractivity contribution in [2.45, 2.75) is 9.79 Å². The molecule has 1 aromatic heterocycles. The largest absolute Gasteiger partial charge is 0.477 e. The molecule has 4 aromatic rings. The van der Waals surface area contributed by atoms with Crippen molar-refractivity contribution in [3.8, 4) is 0 Å². The smallest absolute Gasteiger partial charge is 0.352 e. The first-order chi connectivity index (χ1) is 11.6. The molecule has 4 rings (SSSR count). The number of halogens is 1. The molecule has 0 bridgehead atoms. The summed E-state index contributed by atoms with van der Waals surface area (Å²) in [5.41, 5.74) is 1.00.